The number of ether oxygens (including phenoxy) is 1. The first-order chi connectivity index (χ1) is 25.4. The summed E-state index contributed by atoms with van der Waals surface area (Å²) in [6.07, 6.45) is 3.27. The van der Waals surface area contributed by atoms with Crippen LogP contribution >= 0.6 is 0 Å². The SMILES string of the molecule is CCc1c(F)ccc2cc(O)cc(-c3ncc4c(NCc5cc(C(=O)N(C)C)n(C6CC(O)C6)n5)nc(OC[C@@]56CCCN5C[C@H](F)C6)nc4c3F)c12. The van der Waals surface area contributed by atoms with Crippen molar-refractivity contribution >= 4 is 33.4 Å². The number of hydrogen-bond donors (Lipinski definition) is 3. The van der Waals surface area contributed by atoms with Gasteiger partial charge in [-0.05, 0) is 79.3 Å². The lowest BCUT2D eigenvalue weighted by Crippen LogP contribution is -2.43. The molecule has 12 nitrogen and oxygen atoms in total. The van der Waals surface area contributed by atoms with E-state index < -0.39 is 29.4 Å². The number of carbonyl (C=O) groups excluding carboxylic acids is 1. The molecule has 0 radical (unpaired) electrons. The maximum Gasteiger partial charge on any atom is 0.319 e. The van der Waals surface area contributed by atoms with Gasteiger partial charge in [0.2, 0.25) is 0 Å². The van der Waals surface area contributed by atoms with Crippen molar-refractivity contribution in [1.29, 1.82) is 0 Å². The smallest absolute Gasteiger partial charge is 0.319 e. The highest BCUT2D eigenvalue weighted by molar-refractivity contribution is 6.01. The summed E-state index contributed by atoms with van der Waals surface area (Å²) >= 11 is 0. The molecule has 2 saturated heterocycles. The number of alkyl halides is 1. The van der Waals surface area contributed by atoms with E-state index in [9.17, 15) is 19.4 Å². The van der Waals surface area contributed by atoms with Crippen molar-refractivity contribution in [1.82, 2.24) is 34.5 Å². The molecule has 3 aliphatic rings. The van der Waals surface area contributed by atoms with Crippen LogP contribution in [0.4, 0.5) is 19.0 Å². The zero-order chi connectivity index (χ0) is 37.2. The van der Waals surface area contributed by atoms with Gasteiger partial charge >= 0.3 is 6.01 Å². The number of benzene rings is 2. The fourth-order valence-corrected chi connectivity index (χ4v) is 8.24. The summed E-state index contributed by atoms with van der Waals surface area (Å²) < 4.78 is 54.4. The van der Waals surface area contributed by atoms with E-state index in [4.69, 9.17) is 4.74 Å². The van der Waals surface area contributed by atoms with Gasteiger partial charge in [0.1, 0.15) is 47.1 Å². The number of anilines is 1. The number of aliphatic hydroxyl groups is 1. The molecule has 278 valence electrons. The van der Waals surface area contributed by atoms with Gasteiger partial charge in [-0.1, -0.05) is 13.0 Å². The van der Waals surface area contributed by atoms with E-state index in [1.165, 1.54) is 35.4 Å². The molecule has 0 unspecified atom stereocenters. The molecule has 3 fully saturated rings. The average molecular weight is 731 g/mol. The molecular formula is C38H41F3N8O4. The lowest BCUT2D eigenvalue weighted by molar-refractivity contribution is 0.0405. The van der Waals surface area contributed by atoms with E-state index in [-0.39, 0.29) is 64.8 Å². The number of carbonyl (C=O) groups is 1. The Morgan fingerprint density at radius 3 is 2.74 bits per heavy atom. The maximum absolute atomic E-state index is 16.9. The first-order valence-corrected chi connectivity index (χ1v) is 18.0. The lowest BCUT2D eigenvalue weighted by Gasteiger charge is -2.32. The fourth-order valence-electron chi connectivity index (χ4n) is 8.24. The molecule has 2 aromatic carbocycles. The summed E-state index contributed by atoms with van der Waals surface area (Å²) in [5.74, 6) is -1.46. The molecule has 0 bridgehead atoms. The van der Waals surface area contributed by atoms with Crippen LogP contribution in [0.15, 0.2) is 36.5 Å². The van der Waals surface area contributed by atoms with Gasteiger partial charge in [0.15, 0.2) is 5.82 Å². The number of phenolic OH excluding ortho intramolecular Hbond substituents is 1. The summed E-state index contributed by atoms with van der Waals surface area (Å²) in [5, 5.41) is 29.6. The average Bonchev–Trinajstić information content (AvgIpc) is 3.80. The Bertz CT molecular complexity index is 2240. The predicted molar refractivity (Wildman–Crippen MR) is 192 cm³/mol. The summed E-state index contributed by atoms with van der Waals surface area (Å²) in [5.41, 5.74) is 0.681. The quantitative estimate of drug-likeness (QED) is 0.168. The largest absolute Gasteiger partial charge is 0.508 e. The molecule has 1 saturated carbocycles. The van der Waals surface area contributed by atoms with E-state index in [0.717, 1.165) is 19.4 Å². The number of aromatic nitrogens is 5. The van der Waals surface area contributed by atoms with E-state index in [1.54, 1.807) is 31.8 Å². The normalized spacial score (nSPS) is 22.7. The third-order valence-corrected chi connectivity index (χ3v) is 10.9. The minimum absolute atomic E-state index is 0.0858. The van der Waals surface area contributed by atoms with Crippen LogP contribution in [0.25, 0.3) is 32.9 Å². The second-order valence-corrected chi connectivity index (χ2v) is 14.7. The molecule has 53 heavy (non-hydrogen) atoms. The molecule has 3 N–H and O–H groups in total. The highest BCUT2D eigenvalue weighted by Gasteiger charge is 2.49. The van der Waals surface area contributed by atoms with E-state index >= 15 is 8.78 Å². The van der Waals surface area contributed by atoms with Crippen molar-refractivity contribution in [2.75, 3.05) is 39.1 Å². The van der Waals surface area contributed by atoms with Crippen LogP contribution in [-0.2, 0) is 13.0 Å². The van der Waals surface area contributed by atoms with E-state index in [0.29, 0.717) is 60.0 Å². The Morgan fingerprint density at radius 1 is 1.17 bits per heavy atom. The Morgan fingerprint density at radius 2 is 1.98 bits per heavy atom. The predicted octanol–water partition coefficient (Wildman–Crippen LogP) is 5.55. The number of pyridine rings is 1. The number of rotatable bonds is 10. The van der Waals surface area contributed by atoms with Crippen LogP contribution in [0.2, 0.25) is 0 Å². The minimum Gasteiger partial charge on any atom is -0.508 e. The Balaban J connectivity index is 1.20. The Kier molecular flexibility index (Phi) is 8.88. The number of phenols is 1. The van der Waals surface area contributed by atoms with Crippen LogP contribution in [0.5, 0.6) is 11.8 Å². The van der Waals surface area contributed by atoms with Gasteiger partial charge in [0, 0.05) is 38.8 Å². The second kappa shape index (κ2) is 13.4. The van der Waals surface area contributed by atoms with Crippen molar-refractivity contribution in [3.05, 3.63) is 65.1 Å². The van der Waals surface area contributed by atoms with Gasteiger partial charge in [-0.3, -0.25) is 19.4 Å². The first-order valence-electron chi connectivity index (χ1n) is 18.0. The van der Waals surface area contributed by atoms with Crippen molar-refractivity contribution in [2.24, 2.45) is 0 Å². The van der Waals surface area contributed by atoms with Gasteiger partial charge in [-0.15, -0.1) is 0 Å². The third kappa shape index (κ3) is 6.18. The molecule has 2 aliphatic heterocycles. The van der Waals surface area contributed by atoms with Crippen LogP contribution in [0.1, 0.15) is 66.8 Å². The van der Waals surface area contributed by atoms with Gasteiger partial charge in [0.05, 0.1) is 35.3 Å². The molecular weight excluding hydrogens is 689 g/mol. The Hall–Kier alpha value is -5.02. The van der Waals surface area contributed by atoms with E-state index in [1.807, 2.05) is 0 Å². The standard InChI is InChI=1S/C38H41F3N8O4/c1-4-26-29(40)7-6-20-10-24(50)14-27(31(20)26)33-32(41)34-28(17-42-33)35(45-37(44-34)53-19-38-8-5-9-48(38)18-21(39)15-38)43-16-22-11-30(36(52)47(2)3)49(46-22)23-12-25(51)13-23/h6-7,10-11,14,17,21,23,25,50-51H,4-5,8-9,12-13,15-16,18-19H2,1-3H3,(H,43,44,45)/t21-,23?,25?,38+/m1/s1. The number of aliphatic hydroxyl groups excluding tert-OH is 1. The van der Waals surface area contributed by atoms with Crippen LogP contribution in [-0.4, -0.2) is 102 Å². The number of aromatic hydroxyl groups is 1. The summed E-state index contributed by atoms with van der Waals surface area (Å²) in [4.78, 5) is 30.2. The topological polar surface area (TPSA) is 142 Å². The number of nitrogens with zero attached hydrogens (tertiary/aromatic N) is 7. The summed E-state index contributed by atoms with van der Waals surface area (Å²) in [6, 6.07) is 7.14. The molecule has 8 rings (SSSR count). The number of halogens is 3. The number of aryl methyl sites for hydroxylation is 1. The zero-order valence-electron chi connectivity index (χ0n) is 29.7. The van der Waals surface area contributed by atoms with Gasteiger partial charge in [0.25, 0.3) is 5.91 Å². The number of hydrogen-bond acceptors (Lipinski definition) is 10. The molecule has 5 heterocycles. The fraction of sp³-hybridized carbons (Fsp3) is 0.447. The molecule has 0 spiro atoms. The molecule has 1 aliphatic carbocycles. The van der Waals surface area contributed by atoms with Gasteiger partial charge in [-0.2, -0.15) is 15.1 Å². The Labute approximate surface area is 303 Å². The second-order valence-electron chi connectivity index (χ2n) is 14.7. The summed E-state index contributed by atoms with van der Waals surface area (Å²) in [6.45, 7) is 3.10. The van der Waals surface area contributed by atoms with E-state index in [2.05, 4.69) is 30.3 Å². The highest BCUT2D eigenvalue weighted by atomic mass is 19.1. The van der Waals surface area contributed by atoms with Crippen LogP contribution in [0.3, 0.4) is 0 Å². The number of amides is 1. The van der Waals surface area contributed by atoms with Crippen molar-refractivity contribution < 1.29 is 32.9 Å². The zero-order valence-corrected chi connectivity index (χ0v) is 29.7. The minimum atomic E-state index is -0.970. The highest BCUT2D eigenvalue weighted by Crippen LogP contribution is 2.42. The van der Waals surface area contributed by atoms with Crippen molar-refractivity contribution in [2.45, 2.75) is 75.8 Å². The van der Waals surface area contributed by atoms with Gasteiger partial charge < -0.3 is 25.2 Å². The van der Waals surface area contributed by atoms with Crippen molar-refractivity contribution in [3.8, 4) is 23.0 Å². The number of fused-ring (bicyclic) bond motifs is 3. The first kappa shape index (κ1) is 35.0. The number of nitrogens with one attached hydrogen (secondary N) is 1. The summed E-state index contributed by atoms with van der Waals surface area (Å²) in [7, 11) is 3.31. The molecule has 15 heteroatoms. The lowest BCUT2D eigenvalue weighted by atomic mass is 9.89. The maximum atomic E-state index is 16.9. The van der Waals surface area contributed by atoms with Crippen LogP contribution < -0.4 is 10.1 Å². The molecule has 1 amide bonds. The van der Waals surface area contributed by atoms with Crippen LogP contribution in [0, 0.1) is 11.6 Å². The monoisotopic (exact) mass is 730 g/mol. The third-order valence-electron chi connectivity index (χ3n) is 10.9. The van der Waals surface area contributed by atoms with Crippen molar-refractivity contribution in [3.63, 3.8) is 0 Å². The molecule has 3 aromatic heterocycles. The molecule has 2 atom stereocenters. The van der Waals surface area contributed by atoms with Gasteiger partial charge in [-0.25, -0.2) is 13.2 Å². The molecule has 5 aromatic rings.